The van der Waals surface area contributed by atoms with Gasteiger partial charge in [0.2, 0.25) is 11.8 Å². The fraction of sp³-hybridized carbons (Fsp3) is 0.857. The molecule has 4 nitrogen and oxygen atoms in total. The molecule has 0 saturated heterocycles. The van der Waals surface area contributed by atoms with E-state index in [0.717, 1.165) is 31.6 Å². The minimum Gasteiger partial charge on any atom is -0.425 e. The van der Waals surface area contributed by atoms with Gasteiger partial charge in [-0.1, -0.05) is 32.1 Å². The van der Waals surface area contributed by atoms with Gasteiger partial charge in [-0.15, -0.1) is 10.2 Å². The minimum atomic E-state index is -0.293. The molecule has 0 aliphatic heterocycles. The summed E-state index contributed by atoms with van der Waals surface area (Å²) in [5, 5.41) is 18.4. The van der Waals surface area contributed by atoms with Crippen LogP contribution in [0.3, 0.4) is 0 Å². The van der Waals surface area contributed by atoms with Gasteiger partial charge >= 0.3 is 0 Å². The van der Waals surface area contributed by atoms with Crippen molar-refractivity contribution in [1.29, 1.82) is 0 Å². The van der Waals surface area contributed by atoms with E-state index in [4.69, 9.17) is 4.42 Å². The Hall–Kier alpha value is -0.277. The van der Waals surface area contributed by atoms with Crippen LogP contribution >= 0.6 is 0 Å². The SMILES string of the molecule is OC1CCCCC1c1nnc(C2CCCCC2)o1.[Zn]. The molecule has 0 aromatic carbocycles. The average molecular weight is 316 g/mol. The largest absolute Gasteiger partial charge is 0.425 e. The average Bonchev–Trinajstić information content (AvgIpc) is 2.90. The monoisotopic (exact) mass is 314 g/mol. The summed E-state index contributed by atoms with van der Waals surface area (Å²) in [5.41, 5.74) is 0. The van der Waals surface area contributed by atoms with E-state index >= 15 is 0 Å². The molecule has 19 heavy (non-hydrogen) atoms. The summed E-state index contributed by atoms with van der Waals surface area (Å²) in [5.74, 6) is 2.01. The molecule has 1 aromatic rings. The molecule has 2 aliphatic carbocycles. The maximum absolute atomic E-state index is 10.0. The van der Waals surface area contributed by atoms with E-state index in [-0.39, 0.29) is 31.5 Å². The van der Waals surface area contributed by atoms with Crippen molar-refractivity contribution < 1.29 is 29.0 Å². The fourth-order valence-corrected chi connectivity index (χ4v) is 3.31. The van der Waals surface area contributed by atoms with Gasteiger partial charge in [0.15, 0.2) is 0 Å². The van der Waals surface area contributed by atoms with Gasteiger partial charge in [0.05, 0.1) is 12.0 Å². The van der Waals surface area contributed by atoms with Crippen LogP contribution in [0.5, 0.6) is 0 Å². The Balaban J connectivity index is 0.00000133. The normalized spacial score (nSPS) is 28.9. The van der Waals surface area contributed by atoms with E-state index < -0.39 is 0 Å². The number of aliphatic hydroxyl groups is 1. The summed E-state index contributed by atoms with van der Waals surface area (Å²) >= 11 is 0. The van der Waals surface area contributed by atoms with Crippen LogP contribution in [0.15, 0.2) is 4.42 Å². The second-order valence-corrected chi connectivity index (χ2v) is 5.77. The Kier molecular flexibility index (Phi) is 5.52. The Morgan fingerprint density at radius 3 is 2.21 bits per heavy atom. The molecule has 1 heterocycles. The number of nitrogens with zero attached hydrogens (tertiary/aromatic N) is 2. The van der Waals surface area contributed by atoms with Gasteiger partial charge < -0.3 is 9.52 Å². The summed E-state index contributed by atoms with van der Waals surface area (Å²) in [6, 6.07) is 0. The maximum atomic E-state index is 10.0. The predicted molar refractivity (Wildman–Crippen MR) is 67.3 cm³/mol. The molecule has 1 N–H and O–H groups in total. The van der Waals surface area contributed by atoms with Crippen molar-refractivity contribution in [2.24, 2.45) is 0 Å². The molecule has 2 unspecified atom stereocenters. The maximum Gasteiger partial charge on any atom is 0.222 e. The van der Waals surface area contributed by atoms with E-state index in [2.05, 4.69) is 10.2 Å². The smallest absolute Gasteiger partial charge is 0.222 e. The number of rotatable bonds is 2. The molecular formula is C14H22N2O2Zn. The third-order valence-electron chi connectivity index (χ3n) is 4.46. The number of aromatic nitrogens is 2. The molecule has 0 amide bonds. The summed E-state index contributed by atoms with van der Waals surface area (Å²) in [6.07, 6.45) is 10.0. The van der Waals surface area contributed by atoms with E-state index in [0.29, 0.717) is 11.8 Å². The van der Waals surface area contributed by atoms with E-state index in [9.17, 15) is 5.11 Å². The van der Waals surface area contributed by atoms with Crippen molar-refractivity contribution in [3.8, 4) is 0 Å². The first-order chi connectivity index (χ1) is 8.84. The van der Waals surface area contributed by atoms with E-state index in [1.807, 2.05) is 0 Å². The fourth-order valence-electron chi connectivity index (χ4n) is 3.31. The molecule has 0 spiro atoms. The summed E-state index contributed by atoms with van der Waals surface area (Å²) in [4.78, 5) is 0. The van der Waals surface area contributed by atoms with Crippen LogP contribution in [-0.2, 0) is 19.5 Å². The first kappa shape index (κ1) is 15.1. The molecule has 2 atom stereocenters. The second-order valence-electron chi connectivity index (χ2n) is 5.77. The predicted octanol–water partition coefficient (Wildman–Crippen LogP) is 3.13. The van der Waals surface area contributed by atoms with Crippen molar-refractivity contribution in [3.63, 3.8) is 0 Å². The molecule has 0 radical (unpaired) electrons. The zero-order valence-electron chi connectivity index (χ0n) is 11.6. The van der Waals surface area contributed by atoms with Crippen LogP contribution in [0.25, 0.3) is 0 Å². The Labute approximate surface area is 127 Å². The van der Waals surface area contributed by atoms with Crippen LogP contribution in [-0.4, -0.2) is 21.4 Å². The van der Waals surface area contributed by atoms with Gasteiger partial charge in [-0.3, -0.25) is 0 Å². The molecule has 0 bridgehead atoms. The summed E-state index contributed by atoms with van der Waals surface area (Å²) in [7, 11) is 0. The number of aliphatic hydroxyl groups excluding tert-OH is 1. The number of hydrogen-bond donors (Lipinski definition) is 1. The van der Waals surface area contributed by atoms with Crippen molar-refractivity contribution >= 4 is 0 Å². The summed E-state index contributed by atoms with van der Waals surface area (Å²) < 4.78 is 5.85. The Morgan fingerprint density at radius 2 is 1.47 bits per heavy atom. The van der Waals surface area contributed by atoms with Gasteiger partial charge in [0.1, 0.15) is 0 Å². The van der Waals surface area contributed by atoms with Crippen LogP contribution in [0.4, 0.5) is 0 Å². The van der Waals surface area contributed by atoms with E-state index in [1.54, 1.807) is 0 Å². The Bertz CT molecular complexity index is 391. The molecule has 5 heteroatoms. The zero-order chi connectivity index (χ0) is 12.4. The van der Waals surface area contributed by atoms with Crippen LogP contribution in [0, 0.1) is 0 Å². The van der Waals surface area contributed by atoms with Gasteiger partial charge in [0, 0.05) is 25.4 Å². The van der Waals surface area contributed by atoms with Crippen LogP contribution < -0.4 is 0 Å². The van der Waals surface area contributed by atoms with Crippen molar-refractivity contribution in [3.05, 3.63) is 11.8 Å². The quantitative estimate of drug-likeness (QED) is 0.852. The molecule has 2 aliphatic rings. The minimum absolute atomic E-state index is 0. The molecule has 1 aromatic heterocycles. The first-order valence-corrected chi connectivity index (χ1v) is 7.36. The van der Waals surface area contributed by atoms with Crippen LogP contribution in [0.1, 0.15) is 81.4 Å². The zero-order valence-corrected chi connectivity index (χ0v) is 14.5. The van der Waals surface area contributed by atoms with Crippen LogP contribution in [0.2, 0.25) is 0 Å². The summed E-state index contributed by atoms with van der Waals surface area (Å²) in [6.45, 7) is 0. The molecule has 2 saturated carbocycles. The van der Waals surface area contributed by atoms with Gasteiger partial charge in [-0.25, -0.2) is 0 Å². The molecule has 2 fully saturated rings. The van der Waals surface area contributed by atoms with Crippen molar-refractivity contribution in [2.75, 3.05) is 0 Å². The van der Waals surface area contributed by atoms with Gasteiger partial charge in [0.25, 0.3) is 0 Å². The Morgan fingerprint density at radius 1 is 0.842 bits per heavy atom. The van der Waals surface area contributed by atoms with Gasteiger partial charge in [-0.2, -0.15) is 0 Å². The molecular weight excluding hydrogens is 294 g/mol. The number of hydrogen-bond acceptors (Lipinski definition) is 4. The third kappa shape index (κ3) is 3.43. The molecule has 3 rings (SSSR count). The van der Waals surface area contributed by atoms with Gasteiger partial charge in [-0.05, 0) is 25.7 Å². The third-order valence-corrected chi connectivity index (χ3v) is 4.46. The first-order valence-electron chi connectivity index (χ1n) is 7.36. The van der Waals surface area contributed by atoms with Crippen molar-refractivity contribution in [1.82, 2.24) is 10.2 Å². The second kappa shape index (κ2) is 6.94. The topological polar surface area (TPSA) is 59.2 Å². The van der Waals surface area contributed by atoms with E-state index in [1.165, 1.54) is 32.1 Å². The standard InChI is InChI=1S/C14H22N2O2.Zn/c17-12-9-5-4-8-11(12)14-16-15-13(18-14)10-6-2-1-3-7-10;/h10-12,17H,1-9H2;. The van der Waals surface area contributed by atoms with Crippen molar-refractivity contribution in [2.45, 2.75) is 75.7 Å². The molecule has 102 valence electrons.